The lowest BCUT2D eigenvalue weighted by Gasteiger charge is -2.16. The van der Waals surface area contributed by atoms with Gasteiger partial charge in [0.2, 0.25) is 5.95 Å². The Morgan fingerprint density at radius 1 is 1.50 bits per heavy atom. The molecule has 2 fully saturated rings. The number of hydrogen-bond donors (Lipinski definition) is 3. The predicted octanol–water partition coefficient (Wildman–Crippen LogP) is 0.147. The van der Waals surface area contributed by atoms with Crippen LogP contribution >= 0.6 is 0 Å². The fourth-order valence-corrected chi connectivity index (χ4v) is 2.81. The first-order chi connectivity index (χ1) is 9.63. The van der Waals surface area contributed by atoms with Crippen molar-refractivity contribution in [2.75, 3.05) is 29.9 Å². The van der Waals surface area contributed by atoms with E-state index in [0.717, 1.165) is 19.0 Å². The standard InChI is InChI=1S/C13H19N5O2/c14-10-7-18(6-9(10)8-1-2-8)13-15-4-3-11(17-13)16-5-12(19)20/h3-4,8-10H,1-2,5-7,14H2,(H,19,20)(H,15,16,17)/t9-,10+/m1/s1. The van der Waals surface area contributed by atoms with Crippen LogP contribution in [0.25, 0.3) is 0 Å². The molecule has 1 saturated heterocycles. The zero-order valence-corrected chi connectivity index (χ0v) is 11.2. The number of carbonyl (C=O) groups is 1. The quantitative estimate of drug-likeness (QED) is 0.703. The van der Waals surface area contributed by atoms with Crippen LogP contribution in [0.4, 0.5) is 11.8 Å². The van der Waals surface area contributed by atoms with Gasteiger partial charge in [-0.15, -0.1) is 0 Å². The van der Waals surface area contributed by atoms with Crippen LogP contribution in [-0.2, 0) is 4.79 Å². The minimum atomic E-state index is -0.915. The number of aromatic nitrogens is 2. The van der Waals surface area contributed by atoms with Crippen LogP contribution in [0.2, 0.25) is 0 Å². The van der Waals surface area contributed by atoms with E-state index in [1.54, 1.807) is 12.3 Å². The summed E-state index contributed by atoms with van der Waals surface area (Å²) in [5, 5.41) is 11.4. The van der Waals surface area contributed by atoms with Crippen molar-refractivity contribution in [1.82, 2.24) is 9.97 Å². The van der Waals surface area contributed by atoms with Crippen LogP contribution < -0.4 is 16.0 Å². The van der Waals surface area contributed by atoms with Crippen molar-refractivity contribution >= 4 is 17.7 Å². The summed E-state index contributed by atoms with van der Waals surface area (Å²) < 4.78 is 0. The van der Waals surface area contributed by atoms with Crippen molar-refractivity contribution in [3.05, 3.63) is 12.3 Å². The third-order valence-corrected chi connectivity index (χ3v) is 3.99. The molecular formula is C13H19N5O2. The summed E-state index contributed by atoms with van der Waals surface area (Å²) in [7, 11) is 0. The maximum Gasteiger partial charge on any atom is 0.322 e. The summed E-state index contributed by atoms with van der Waals surface area (Å²) in [5.74, 6) is 1.54. The van der Waals surface area contributed by atoms with Crippen LogP contribution in [-0.4, -0.2) is 46.7 Å². The molecule has 7 heteroatoms. The van der Waals surface area contributed by atoms with Crippen molar-refractivity contribution < 1.29 is 9.90 Å². The highest BCUT2D eigenvalue weighted by Gasteiger charge is 2.41. The molecule has 1 aliphatic carbocycles. The maximum absolute atomic E-state index is 10.5. The molecule has 0 amide bonds. The molecule has 1 aliphatic heterocycles. The van der Waals surface area contributed by atoms with Gasteiger partial charge in [0.1, 0.15) is 12.4 Å². The minimum absolute atomic E-state index is 0.152. The molecule has 3 rings (SSSR count). The van der Waals surface area contributed by atoms with Gasteiger partial charge >= 0.3 is 5.97 Å². The van der Waals surface area contributed by atoms with E-state index in [9.17, 15) is 4.79 Å². The van der Waals surface area contributed by atoms with Crippen molar-refractivity contribution in [2.45, 2.75) is 18.9 Å². The normalized spacial score (nSPS) is 25.8. The molecule has 0 unspecified atom stereocenters. The Kier molecular flexibility index (Phi) is 3.43. The van der Waals surface area contributed by atoms with E-state index in [0.29, 0.717) is 17.7 Å². The second kappa shape index (κ2) is 5.24. The van der Waals surface area contributed by atoms with Crippen molar-refractivity contribution in [1.29, 1.82) is 0 Å². The molecule has 108 valence electrons. The molecule has 1 aromatic heterocycles. The van der Waals surface area contributed by atoms with E-state index in [4.69, 9.17) is 10.8 Å². The Labute approximate surface area is 117 Å². The summed E-state index contributed by atoms with van der Waals surface area (Å²) in [6, 6.07) is 1.85. The average molecular weight is 277 g/mol. The average Bonchev–Trinajstić information content (AvgIpc) is 3.20. The number of hydrogen-bond acceptors (Lipinski definition) is 6. The SMILES string of the molecule is N[C@H]1CN(c2nccc(NCC(=O)O)n2)C[C@@H]1C1CC1. The second-order valence-corrected chi connectivity index (χ2v) is 5.56. The van der Waals surface area contributed by atoms with Gasteiger partial charge in [0.05, 0.1) is 0 Å². The maximum atomic E-state index is 10.5. The van der Waals surface area contributed by atoms with Gasteiger partial charge in [0.25, 0.3) is 0 Å². The smallest absolute Gasteiger partial charge is 0.322 e. The Morgan fingerprint density at radius 3 is 3.00 bits per heavy atom. The van der Waals surface area contributed by atoms with Crippen LogP contribution in [0.15, 0.2) is 12.3 Å². The molecule has 0 radical (unpaired) electrons. The van der Waals surface area contributed by atoms with Crippen molar-refractivity contribution in [3.8, 4) is 0 Å². The summed E-state index contributed by atoms with van der Waals surface area (Å²) in [6.45, 7) is 1.51. The van der Waals surface area contributed by atoms with E-state index in [-0.39, 0.29) is 12.6 Å². The second-order valence-electron chi connectivity index (χ2n) is 5.56. The van der Waals surface area contributed by atoms with E-state index in [1.165, 1.54) is 12.8 Å². The molecule has 0 aromatic carbocycles. The zero-order valence-electron chi connectivity index (χ0n) is 11.2. The van der Waals surface area contributed by atoms with Gasteiger partial charge in [-0.05, 0) is 30.7 Å². The number of carboxylic acids is 1. The fraction of sp³-hybridized carbons (Fsp3) is 0.615. The molecule has 2 aliphatic rings. The first kappa shape index (κ1) is 13.1. The highest BCUT2D eigenvalue weighted by molar-refractivity contribution is 5.72. The number of nitrogens with one attached hydrogen (secondary N) is 1. The number of nitrogens with zero attached hydrogens (tertiary/aromatic N) is 3. The molecule has 0 bridgehead atoms. The topological polar surface area (TPSA) is 104 Å². The van der Waals surface area contributed by atoms with Crippen molar-refractivity contribution in [2.24, 2.45) is 17.6 Å². The van der Waals surface area contributed by atoms with Gasteiger partial charge in [0.15, 0.2) is 0 Å². The number of anilines is 2. The lowest BCUT2D eigenvalue weighted by atomic mass is 9.99. The van der Waals surface area contributed by atoms with Crippen molar-refractivity contribution in [3.63, 3.8) is 0 Å². The third kappa shape index (κ3) is 2.82. The van der Waals surface area contributed by atoms with E-state index >= 15 is 0 Å². The monoisotopic (exact) mass is 277 g/mol. The van der Waals surface area contributed by atoms with Gasteiger partial charge < -0.3 is 21.1 Å². The van der Waals surface area contributed by atoms with E-state index in [1.807, 2.05) is 0 Å². The Balaban J connectivity index is 1.67. The molecule has 1 saturated carbocycles. The van der Waals surface area contributed by atoms with Gasteiger partial charge in [-0.3, -0.25) is 4.79 Å². The van der Waals surface area contributed by atoms with Gasteiger partial charge in [-0.1, -0.05) is 0 Å². The largest absolute Gasteiger partial charge is 0.480 e. The Morgan fingerprint density at radius 2 is 2.30 bits per heavy atom. The Hall–Kier alpha value is -1.89. The summed E-state index contributed by atoms with van der Waals surface area (Å²) in [4.78, 5) is 21.3. The molecular weight excluding hydrogens is 258 g/mol. The number of aliphatic carboxylic acids is 1. The Bertz CT molecular complexity index is 505. The first-order valence-corrected chi connectivity index (χ1v) is 6.92. The highest BCUT2D eigenvalue weighted by atomic mass is 16.4. The highest BCUT2D eigenvalue weighted by Crippen LogP contribution is 2.41. The number of nitrogens with two attached hydrogens (primary N) is 1. The zero-order chi connectivity index (χ0) is 14.1. The molecule has 1 aromatic rings. The van der Waals surface area contributed by atoms with Crippen LogP contribution in [0.5, 0.6) is 0 Å². The first-order valence-electron chi connectivity index (χ1n) is 6.92. The van der Waals surface area contributed by atoms with Gasteiger partial charge in [0, 0.05) is 25.3 Å². The van der Waals surface area contributed by atoms with Crippen LogP contribution in [0.1, 0.15) is 12.8 Å². The molecule has 2 atom stereocenters. The molecule has 4 N–H and O–H groups in total. The minimum Gasteiger partial charge on any atom is -0.480 e. The van der Waals surface area contributed by atoms with Gasteiger partial charge in [-0.2, -0.15) is 4.98 Å². The molecule has 20 heavy (non-hydrogen) atoms. The molecule has 2 heterocycles. The third-order valence-electron chi connectivity index (χ3n) is 3.99. The summed E-state index contributed by atoms with van der Waals surface area (Å²) in [5.41, 5.74) is 6.19. The van der Waals surface area contributed by atoms with Crippen LogP contribution in [0.3, 0.4) is 0 Å². The fourth-order valence-electron chi connectivity index (χ4n) is 2.81. The molecule has 7 nitrogen and oxygen atoms in total. The summed E-state index contributed by atoms with van der Waals surface area (Å²) in [6.07, 6.45) is 4.21. The van der Waals surface area contributed by atoms with Crippen LogP contribution in [0, 0.1) is 11.8 Å². The van der Waals surface area contributed by atoms with E-state index < -0.39 is 5.97 Å². The number of carboxylic acid groups (broad SMARTS) is 1. The van der Waals surface area contributed by atoms with E-state index in [2.05, 4.69) is 20.2 Å². The lowest BCUT2D eigenvalue weighted by Crippen LogP contribution is -2.30. The molecule has 0 spiro atoms. The lowest BCUT2D eigenvalue weighted by molar-refractivity contribution is -0.134. The number of rotatable bonds is 5. The predicted molar refractivity (Wildman–Crippen MR) is 74.6 cm³/mol. The summed E-state index contributed by atoms with van der Waals surface area (Å²) >= 11 is 0. The van der Waals surface area contributed by atoms with Gasteiger partial charge in [-0.25, -0.2) is 4.98 Å².